The molecule has 0 aromatic carbocycles. The lowest BCUT2D eigenvalue weighted by atomic mass is 10.0. The van der Waals surface area contributed by atoms with Crippen LogP contribution in [-0.4, -0.2) is 48.5 Å². The smallest absolute Gasteiger partial charge is 0.404 e. The summed E-state index contributed by atoms with van der Waals surface area (Å²) in [5.41, 5.74) is 0. The van der Waals surface area contributed by atoms with Crippen LogP contribution >= 0.6 is 0 Å². The molecule has 0 aliphatic heterocycles. The molecular weight excluding hydrogens is 333 g/mol. The van der Waals surface area contributed by atoms with Crippen LogP contribution < -0.4 is 0 Å². The number of ether oxygens (including phenoxy) is 2. The number of esters is 2. The summed E-state index contributed by atoms with van der Waals surface area (Å²) in [6.45, 7) is 4.99. The van der Waals surface area contributed by atoms with Crippen molar-refractivity contribution in [1.82, 2.24) is 0 Å². The van der Waals surface area contributed by atoms with Gasteiger partial charge in [0.25, 0.3) is 10.1 Å². The van der Waals surface area contributed by atoms with Gasteiger partial charge < -0.3 is 9.47 Å². The van der Waals surface area contributed by atoms with E-state index in [1.165, 1.54) is 27.7 Å². The summed E-state index contributed by atoms with van der Waals surface area (Å²) in [6.07, 6.45) is -7.38. The van der Waals surface area contributed by atoms with Crippen molar-refractivity contribution in [3.05, 3.63) is 0 Å². The first-order valence-electron chi connectivity index (χ1n) is 6.12. The monoisotopic (exact) mass is 350 g/mol. The van der Waals surface area contributed by atoms with Gasteiger partial charge in [-0.15, -0.1) is 0 Å². The van der Waals surface area contributed by atoms with Crippen molar-refractivity contribution in [2.45, 2.75) is 51.3 Å². The van der Waals surface area contributed by atoms with Gasteiger partial charge in [0.05, 0.1) is 12.2 Å². The van der Waals surface area contributed by atoms with Crippen LogP contribution in [0.3, 0.4) is 0 Å². The number of carbonyl (C=O) groups is 2. The fourth-order valence-corrected chi connectivity index (χ4v) is 2.37. The maximum absolute atomic E-state index is 13.0. The molecule has 2 unspecified atom stereocenters. The highest BCUT2D eigenvalue weighted by Gasteiger charge is 2.59. The Bertz CT molecular complexity index is 510. The lowest BCUT2D eigenvalue weighted by Crippen LogP contribution is -2.50. The highest BCUT2D eigenvalue weighted by atomic mass is 32.2. The molecule has 0 bridgehead atoms. The Labute approximate surface area is 125 Å². The van der Waals surface area contributed by atoms with Crippen molar-refractivity contribution in [2.24, 2.45) is 5.92 Å². The van der Waals surface area contributed by atoms with Gasteiger partial charge in [-0.25, -0.2) is 0 Å². The summed E-state index contributed by atoms with van der Waals surface area (Å²) in [7, 11) is -5.57. The third-order valence-electron chi connectivity index (χ3n) is 2.17. The van der Waals surface area contributed by atoms with Crippen LogP contribution in [0.2, 0.25) is 0 Å². The Balaban J connectivity index is 5.88. The first kappa shape index (κ1) is 20.6. The summed E-state index contributed by atoms with van der Waals surface area (Å²) in [5.74, 6) is -7.28. The van der Waals surface area contributed by atoms with E-state index in [1.807, 2.05) is 0 Å². The van der Waals surface area contributed by atoms with E-state index in [4.69, 9.17) is 4.55 Å². The first-order valence-corrected chi connectivity index (χ1v) is 7.62. The van der Waals surface area contributed by atoms with Crippen molar-refractivity contribution in [3.8, 4) is 0 Å². The van der Waals surface area contributed by atoms with E-state index < -0.39 is 51.6 Å². The molecule has 0 heterocycles. The van der Waals surface area contributed by atoms with Crippen molar-refractivity contribution >= 4 is 22.1 Å². The molecule has 130 valence electrons. The maximum atomic E-state index is 13.0. The molecular formula is C11H17F3O7S. The van der Waals surface area contributed by atoms with Gasteiger partial charge >= 0.3 is 18.1 Å². The summed E-state index contributed by atoms with van der Waals surface area (Å²) < 4.78 is 79.1. The molecule has 1 N–H and O–H groups in total. The third kappa shape index (κ3) is 6.18. The molecule has 0 fully saturated rings. The van der Waals surface area contributed by atoms with Gasteiger partial charge in [0.1, 0.15) is 0 Å². The summed E-state index contributed by atoms with van der Waals surface area (Å²) >= 11 is 0. The Hall–Kier alpha value is -1.36. The number of rotatable bonds is 6. The zero-order valence-electron chi connectivity index (χ0n) is 12.2. The molecule has 0 saturated heterocycles. The zero-order valence-corrected chi connectivity index (χ0v) is 13.1. The minimum Gasteiger partial charge on any atom is -0.462 e. The molecule has 2 atom stereocenters. The minimum atomic E-state index is -5.57. The normalized spacial score (nSPS) is 15.5. The largest absolute Gasteiger partial charge is 0.462 e. The molecule has 0 saturated carbocycles. The van der Waals surface area contributed by atoms with E-state index in [0.717, 1.165) is 0 Å². The van der Waals surface area contributed by atoms with Crippen LogP contribution in [0.15, 0.2) is 0 Å². The average molecular weight is 350 g/mol. The number of halogens is 3. The molecule has 0 aromatic heterocycles. The van der Waals surface area contributed by atoms with E-state index >= 15 is 0 Å². The van der Waals surface area contributed by atoms with E-state index in [-0.39, 0.29) is 0 Å². The number of hydrogen-bond donors (Lipinski definition) is 1. The Morgan fingerprint density at radius 2 is 1.32 bits per heavy atom. The Morgan fingerprint density at radius 3 is 1.59 bits per heavy atom. The van der Waals surface area contributed by atoms with Crippen molar-refractivity contribution < 1.29 is 45.2 Å². The molecule has 7 nitrogen and oxygen atoms in total. The minimum absolute atomic E-state index is 0.952. The van der Waals surface area contributed by atoms with Gasteiger partial charge in [0.2, 0.25) is 5.25 Å². The van der Waals surface area contributed by atoms with E-state index in [9.17, 15) is 31.2 Å². The van der Waals surface area contributed by atoms with Crippen molar-refractivity contribution in [1.29, 1.82) is 0 Å². The topological polar surface area (TPSA) is 107 Å². The highest BCUT2D eigenvalue weighted by molar-refractivity contribution is 7.87. The fourth-order valence-electron chi connectivity index (χ4n) is 1.46. The van der Waals surface area contributed by atoms with Crippen LogP contribution in [0.5, 0.6) is 0 Å². The van der Waals surface area contributed by atoms with E-state index in [2.05, 4.69) is 9.47 Å². The van der Waals surface area contributed by atoms with Crippen molar-refractivity contribution in [2.75, 3.05) is 0 Å². The van der Waals surface area contributed by atoms with Crippen LogP contribution in [0, 0.1) is 5.92 Å². The highest BCUT2D eigenvalue weighted by Crippen LogP contribution is 2.34. The van der Waals surface area contributed by atoms with Crippen LogP contribution in [0.25, 0.3) is 0 Å². The molecule has 0 rings (SSSR count). The van der Waals surface area contributed by atoms with Crippen LogP contribution in [0.1, 0.15) is 27.7 Å². The standard InChI is InChI=1S/C11H17F3O7S/c1-5(2)20-9(15)7(11(12,13)14)8(22(17,18)19)10(16)21-6(3)4/h5-8H,1-4H3,(H,17,18,19). The summed E-state index contributed by atoms with van der Waals surface area (Å²) in [6, 6.07) is 0. The number of hydrogen-bond acceptors (Lipinski definition) is 6. The van der Waals surface area contributed by atoms with Gasteiger partial charge in [0.15, 0.2) is 5.92 Å². The third-order valence-corrected chi connectivity index (χ3v) is 3.27. The van der Waals surface area contributed by atoms with Crippen molar-refractivity contribution in [3.63, 3.8) is 0 Å². The molecule has 0 amide bonds. The predicted molar refractivity (Wildman–Crippen MR) is 67.3 cm³/mol. The van der Waals surface area contributed by atoms with Crippen LogP contribution in [-0.2, 0) is 29.2 Å². The zero-order chi connectivity index (χ0) is 17.9. The lowest BCUT2D eigenvalue weighted by molar-refractivity contribution is -0.204. The average Bonchev–Trinajstić information content (AvgIpc) is 2.19. The second kappa shape index (κ2) is 7.27. The maximum Gasteiger partial charge on any atom is 0.404 e. The molecule has 0 aliphatic rings. The SMILES string of the molecule is CC(C)OC(=O)C(C(C(=O)OC(C)C)S(=O)(=O)O)C(F)(F)F. The second-order valence-corrected chi connectivity index (χ2v) is 6.46. The van der Waals surface area contributed by atoms with E-state index in [1.54, 1.807) is 0 Å². The Morgan fingerprint density at radius 1 is 0.955 bits per heavy atom. The van der Waals surface area contributed by atoms with Gasteiger partial charge in [-0.3, -0.25) is 14.1 Å². The predicted octanol–water partition coefficient (Wildman–Crippen LogP) is 1.32. The molecule has 0 aliphatic carbocycles. The second-order valence-electron chi connectivity index (χ2n) is 4.93. The molecule has 0 radical (unpaired) electrons. The lowest BCUT2D eigenvalue weighted by Gasteiger charge is -2.25. The summed E-state index contributed by atoms with van der Waals surface area (Å²) in [4.78, 5) is 23.2. The first-order chi connectivity index (χ1) is 9.67. The molecule has 11 heteroatoms. The number of carbonyl (C=O) groups excluding carboxylic acids is 2. The van der Waals surface area contributed by atoms with Gasteiger partial charge in [-0.2, -0.15) is 21.6 Å². The number of alkyl halides is 3. The van der Waals surface area contributed by atoms with Crippen LogP contribution in [0.4, 0.5) is 13.2 Å². The molecule has 0 aromatic rings. The van der Waals surface area contributed by atoms with E-state index in [0.29, 0.717) is 0 Å². The summed E-state index contributed by atoms with van der Waals surface area (Å²) in [5, 5.41) is -3.15. The molecule has 0 spiro atoms. The van der Waals surface area contributed by atoms with Gasteiger partial charge in [0, 0.05) is 0 Å². The quantitative estimate of drug-likeness (QED) is 0.569. The fraction of sp³-hybridized carbons (Fsp3) is 0.818. The Kier molecular flexibility index (Phi) is 6.82. The van der Waals surface area contributed by atoms with Gasteiger partial charge in [-0.1, -0.05) is 0 Å². The van der Waals surface area contributed by atoms with Gasteiger partial charge in [-0.05, 0) is 27.7 Å². The molecule has 22 heavy (non-hydrogen) atoms.